The molecule has 0 unspecified atom stereocenters. The van der Waals surface area contributed by atoms with Crippen molar-refractivity contribution in [3.63, 3.8) is 0 Å². The molecule has 0 radical (unpaired) electrons. The molecule has 1 N–H and O–H groups in total. The Bertz CT molecular complexity index is 282. The lowest BCUT2D eigenvalue weighted by molar-refractivity contribution is -0.920. The van der Waals surface area contributed by atoms with Crippen molar-refractivity contribution in [1.82, 2.24) is 4.90 Å². The Morgan fingerprint density at radius 2 is 1.87 bits per heavy atom. The Hall–Kier alpha value is -0.900. The van der Waals surface area contributed by atoms with Crippen LogP contribution in [0.3, 0.4) is 0 Å². The number of carbonyl (C=O) groups is 2. The molecule has 0 saturated carbocycles. The van der Waals surface area contributed by atoms with Gasteiger partial charge >= 0.3 is 0 Å². The van der Waals surface area contributed by atoms with Gasteiger partial charge in [-0.15, -0.1) is 0 Å². The molecule has 0 bridgehead atoms. The van der Waals surface area contributed by atoms with E-state index in [0.29, 0.717) is 6.42 Å². The van der Waals surface area contributed by atoms with Gasteiger partial charge in [0.15, 0.2) is 6.04 Å². The van der Waals surface area contributed by atoms with Gasteiger partial charge in [-0.3, -0.25) is 14.5 Å². The van der Waals surface area contributed by atoms with Crippen LogP contribution in [0.4, 0.5) is 0 Å². The van der Waals surface area contributed by atoms with E-state index in [1.54, 1.807) is 7.05 Å². The van der Waals surface area contributed by atoms with Gasteiger partial charge in [-0.05, 0) is 18.8 Å². The maximum absolute atomic E-state index is 11.8. The molecule has 2 amide bonds. The number of hydrogen-bond acceptors (Lipinski definition) is 2. The summed E-state index contributed by atoms with van der Waals surface area (Å²) in [5.41, 5.74) is 0. The Morgan fingerprint density at radius 3 is 2.33 bits per heavy atom. The lowest BCUT2D eigenvalue weighted by Crippen LogP contribution is -3.17. The van der Waals surface area contributed by atoms with E-state index in [9.17, 15) is 9.59 Å². The molecule has 0 spiro atoms. The first-order valence-corrected chi connectivity index (χ1v) is 5.74. The molecular weight excluding hydrogens is 192 g/mol. The molecule has 2 saturated heterocycles. The summed E-state index contributed by atoms with van der Waals surface area (Å²) in [5, 5.41) is 0. The Labute approximate surface area is 90.2 Å². The number of carbonyl (C=O) groups excluding carboxylic acids is 2. The van der Waals surface area contributed by atoms with E-state index < -0.39 is 0 Å². The second-order valence-electron chi connectivity index (χ2n) is 4.89. The van der Waals surface area contributed by atoms with Crippen molar-refractivity contribution < 1.29 is 14.5 Å². The molecule has 84 valence electrons. The number of likely N-dealkylation sites (tertiary alicyclic amines) is 2. The number of nitrogens with one attached hydrogen (secondary N) is 1. The fourth-order valence-electron chi connectivity index (χ4n) is 2.56. The molecule has 0 aliphatic carbocycles. The maximum Gasteiger partial charge on any atom is 0.287 e. The van der Waals surface area contributed by atoms with Crippen LogP contribution in [0, 0.1) is 5.92 Å². The van der Waals surface area contributed by atoms with Crippen molar-refractivity contribution >= 4 is 11.8 Å². The Balaban J connectivity index is 2.00. The van der Waals surface area contributed by atoms with Gasteiger partial charge in [0.2, 0.25) is 5.91 Å². The number of hydrogen-bond donors (Lipinski definition) is 1. The minimum atomic E-state index is -0.0880. The first-order chi connectivity index (χ1) is 7.09. The summed E-state index contributed by atoms with van der Waals surface area (Å²) in [6, 6.07) is -0.0880. The second-order valence-corrected chi connectivity index (χ2v) is 4.89. The zero-order chi connectivity index (χ0) is 11.0. The van der Waals surface area contributed by atoms with E-state index >= 15 is 0 Å². The van der Waals surface area contributed by atoms with Crippen molar-refractivity contribution in [1.29, 1.82) is 0 Å². The monoisotopic (exact) mass is 211 g/mol. The molecule has 4 heteroatoms. The minimum absolute atomic E-state index is 0.0175. The number of quaternary nitrogens is 1. The molecule has 2 rings (SSSR count). The number of imide groups is 1. The largest absolute Gasteiger partial charge is 0.324 e. The summed E-state index contributed by atoms with van der Waals surface area (Å²) < 4.78 is 0. The number of rotatable bonds is 1. The third-order valence-corrected chi connectivity index (χ3v) is 3.79. The number of amides is 2. The van der Waals surface area contributed by atoms with Gasteiger partial charge in [0, 0.05) is 7.05 Å². The van der Waals surface area contributed by atoms with Crippen LogP contribution in [0.25, 0.3) is 0 Å². The van der Waals surface area contributed by atoms with E-state index in [-0.39, 0.29) is 17.9 Å². The van der Waals surface area contributed by atoms with Crippen LogP contribution < -0.4 is 4.90 Å². The first kappa shape index (κ1) is 10.6. The molecule has 0 aromatic carbocycles. The van der Waals surface area contributed by atoms with Crippen molar-refractivity contribution in [3.8, 4) is 0 Å². The zero-order valence-electron chi connectivity index (χ0n) is 9.45. The molecule has 4 nitrogen and oxygen atoms in total. The number of piperidine rings is 1. The average Bonchev–Trinajstić information content (AvgIpc) is 2.47. The molecule has 2 aliphatic heterocycles. The molecule has 2 fully saturated rings. The third-order valence-electron chi connectivity index (χ3n) is 3.79. The van der Waals surface area contributed by atoms with Gasteiger partial charge in [0.25, 0.3) is 5.91 Å². The highest BCUT2D eigenvalue weighted by atomic mass is 16.2. The summed E-state index contributed by atoms with van der Waals surface area (Å²) >= 11 is 0. The average molecular weight is 211 g/mol. The SMILES string of the molecule is CC1CC[NH+]([C@@H]2CC(=O)N(C)C2=O)CC1. The Kier molecular flexibility index (Phi) is 2.78. The topological polar surface area (TPSA) is 41.8 Å². The lowest BCUT2D eigenvalue weighted by Gasteiger charge is -2.30. The summed E-state index contributed by atoms with van der Waals surface area (Å²) in [5.74, 6) is 0.777. The number of nitrogens with zero attached hydrogens (tertiary/aromatic N) is 1. The van der Waals surface area contributed by atoms with E-state index in [1.165, 1.54) is 22.6 Å². The van der Waals surface area contributed by atoms with Crippen molar-refractivity contribution in [3.05, 3.63) is 0 Å². The molecule has 0 aromatic heterocycles. The normalized spacial score (nSPS) is 37.5. The highest BCUT2D eigenvalue weighted by Crippen LogP contribution is 2.12. The van der Waals surface area contributed by atoms with Crippen LogP contribution in [-0.2, 0) is 9.59 Å². The van der Waals surface area contributed by atoms with Crippen LogP contribution in [0.15, 0.2) is 0 Å². The fourth-order valence-corrected chi connectivity index (χ4v) is 2.56. The molecule has 0 aromatic rings. The van der Waals surface area contributed by atoms with Crippen LogP contribution >= 0.6 is 0 Å². The van der Waals surface area contributed by atoms with Gasteiger partial charge in [-0.1, -0.05) is 6.92 Å². The summed E-state index contributed by atoms with van der Waals surface area (Å²) in [7, 11) is 1.59. The summed E-state index contributed by atoms with van der Waals surface area (Å²) in [6.07, 6.45) is 2.77. The number of likely N-dealkylation sites (N-methyl/N-ethyl adjacent to an activating group) is 1. The molecule has 1 atom stereocenters. The standard InChI is InChI=1S/C11H18N2O2/c1-8-3-5-13(6-4-8)9-7-10(14)12(2)11(9)15/h8-9H,3-7H2,1-2H3/p+1/t9-/m1/s1. The molecule has 15 heavy (non-hydrogen) atoms. The predicted octanol–water partition coefficient (Wildman–Crippen LogP) is -0.941. The van der Waals surface area contributed by atoms with Crippen LogP contribution in [-0.4, -0.2) is 42.9 Å². The van der Waals surface area contributed by atoms with Crippen molar-refractivity contribution in [2.45, 2.75) is 32.2 Å². The molecule has 2 heterocycles. The zero-order valence-corrected chi connectivity index (χ0v) is 9.45. The Morgan fingerprint density at radius 1 is 1.27 bits per heavy atom. The second kappa shape index (κ2) is 3.93. The van der Waals surface area contributed by atoms with Crippen LogP contribution in [0.5, 0.6) is 0 Å². The van der Waals surface area contributed by atoms with Crippen molar-refractivity contribution in [2.24, 2.45) is 5.92 Å². The highest BCUT2D eigenvalue weighted by molar-refractivity contribution is 6.04. The van der Waals surface area contributed by atoms with E-state index in [1.807, 2.05) is 0 Å². The third kappa shape index (κ3) is 1.91. The quantitative estimate of drug-likeness (QED) is 0.569. The lowest BCUT2D eigenvalue weighted by atomic mass is 9.97. The van der Waals surface area contributed by atoms with Gasteiger partial charge in [0.1, 0.15) is 0 Å². The van der Waals surface area contributed by atoms with Gasteiger partial charge in [-0.2, -0.15) is 0 Å². The van der Waals surface area contributed by atoms with E-state index in [0.717, 1.165) is 19.0 Å². The van der Waals surface area contributed by atoms with Crippen LogP contribution in [0.2, 0.25) is 0 Å². The van der Waals surface area contributed by atoms with Crippen molar-refractivity contribution in [2.75, 3.05) is 20.1 Å². The predicted molar refractivity (Wildman–Crippen MR) is 55.3 cm³/mol. The smallest absolute Gasteiger partial charge is 0.287 e. The van der Waals surface area contributed by atoms with E-state index in [2.05, 4.69) is 6.92 Å². The van der Waals surface area contributed by atoms with Gasteiger partial charge in [0.05, 0.1) is 19.5 Å². The maximum atomic E-state index is 11.8. The van der Waals surface area contributed by atoms with Crippen LogP contribution in [0.1, 0.15) is 26.2 Å². The minimum Gasteiger partial charge on any atom is -0.324 e. The first-order valence-electron chi connectivity index (χ1n) is 5.74. The van der Waals surface area contributed by atoms with E-state index in [4.69, 9.17) is 0 Å². The highest BCUT2D eigenvalue weighted by Gasteiger charge is 2.43. The summed E-state index contributed by atoms with van der Waals surface area (Å²) in [4.78, 5) is 25.8. The van der Waals surface area contributed by atoms with Gasteiger partial charge in [-0.25, -0.2) is 0 Å². The fraction of sp³-hybridized carbons (Fsp3) is 0.818. The van der Waals surface area contributed by atoms with Gasteiger partial charge < -0.3 is 4.90 Å². The summed E-state index contributed by atoms with van der Waals surface area (Å²) in [6.45, 7) is 4.34. The molecule has 2 aliphatic rings. The molecular formula is C11H19N2O2+.